The molecule has 0 aliphatic rings. The van der Waals surface area contributed by atoms with Crippen LogP contribution in [0.1, 0.15) is 42.2 Å². The molecule has 0 unspecified atom stereocenters. The van der Waals surface area contributed by atoms with Crippen molar-refractivity contribution in [2.24, 2.45) is 0 Å². The number of ether oxygens (including phenoxy) is 1. The van der Waals surface area contributed by atoms with Gasteiger partial charge >= 0.3 is 5.97 Å². The highest BCUT2D eigenvalue weighted by Gasteiger charge is 2.20. The highest BCUT2D eigenvalue weighted by Crippen LogP contribution is 2.18. The van der Waals surface area contributed by atoms with Gasteiger partial charge in [-0.05, 0) is 37.3 Å². The highest BCUT2D eigenvalue weighted by molar-refractivity contribution is 6.30. The van der Waals surface area contributed by atoms with Crippen molar-refractivity contribution >= 4 is 29.1 Å². The van der Waals surface area contributed by atoms with Gasteiger partial charge in [-0.15, -0.1) is 0 Å². The van der Waals surface area contributed by atoms with Crippen molar-refractivity contribution in [1.82, 2.24) is 0 Å². The molecule has 3 aromatic rings. The van der Waals surface area contributed by atoms with Gasteiger partial charge in [-0.1, -0.05) is 59.6 Å². The quantitative estimate of drug-likeness (QED) is 0.441. The molecular formula is C23H17ClO4. The van der Waals surface area contributed by atoms with Gasteiger partial charge in [-0.2, -0.15) is 0 Å². The molecule has 5 heteroatoms. The highest BCUT2D eigenvalue weighted by atomic mass is 35.5. The zero-order valence-electron chi connectivity index (χ0n) is 15.1. The summed E-state index contributed by atoms with van der Waals surface area (Å²) in [5.74, 6) is -1.36. The molecule has 0 amide bonds. The largest absolute Gasteiger partial charge is 0.454 e. The molecule has 0 aromatic heterocycles. The van der Waals surface area contributed by atoms with E-state index in [2.05, 4.69) is 0 Å². The monoisotopic (exact) mass is 392 g/mol. The molecule has 3 aromatic carbocycles. The number of aryl methyl sites for hydroxylation is 1. The number of halogens is 1. The first kappa shape index (κ1) is 19.5. The Morgan fingerprint density at radius 1 is 0.786 bits per heavy atom. The summed E-state index contributed by atoms with van der Waals surface area (Å²) < 4.78 is 5.16. The number of ketones is 2. The van der Waals surface area contributed by atoms with E-state index in [4.69, 9.17) is 16.3 Å². The fourth-order valence-corrected chi connectivity index (χ4v) is 2.77. The smallest absolute Gasteiger partial charge is 0.339 e. The van der Waals surface area contributed by atoms with E-state index in [1.54, 1.807) is 54.6 Å². The molecule has 0 N–H and O–H groups in total. The van der Waals surface area contributed by atoms with Gasteiger partial charge in [0.05, 0.1) is 5.56 Å². The summed E-state index contributed by atoms with van der Waals surface area (Å²) in [7, 11) is 0. The number of carbonyl (C=O) groups is 3. The molecule has 0 radical (unpaired) electrons. The number of esters is 1. The Morgan fingerprint density at radius 2 is 1.36 bits per heavy atom. The van der Waals surface area contributed by atoms with E-state index in [1.165, 1.54) is 6.07 Å². The van der Waals surface area contributed by atoms with E-state index >= 15 is 0 Å². The van der Waals surface area contributed by atoms with Crippen molar-refractivity contribution in [3.8, 4) is 0 Å². The van der Waals surface area contributed by atoms with Crippen LogP contribution < -0.4 is 0 Å². The van der Waals surface area contributed by atoms with Gasteiger partial charge in [0.1, 0.15) is 0 Å². The van der Waals surface area contributed by atoms with Crippen LogP contribution in [0.4, 0.5) is 0 Å². The SMILES string of the molecule is Cc1ccc(C(=O)COC(=O)c2ccccc2C(=O)c2ccc(Cl)cc2)cc1. The number of rotatable bonds is 6. The Morgan fingerprint density at radius 3 is 2.00 bits per heavy atom. The maximum Gasteiger partial charge on any atom is 0.339 e. The van der Waals surface area contributed by atoms with Crippen LogP contribution in [0.15, 0.2) is 72.8 Å². The Labute approximate surface area is 167 Å². The fourth-order valence-electron chi connectivity index (χ4n) is 2.65. The third kappa shape index (κ3) is 4.53. The van der Waals surface area contributed by atoms with Gasteiger partial charge in [0, 0.05) is 21.7 Å². The van der Waals surface area contributed by atoms with Crippen LogP contribution in [-0.4, -0.2) is 24.1 Å². The lowest BCUT2D eigenvalue weighted by atomic mass is 9.98. The van der Waals surface area contributed by atoms with Crippen LogP contribution >= 0.6 is 11.6 Å². The number of Topliss-reactive ketones (excluding diaryl/α,β-unsaturated/α-hetero) is 1. The van der Waals surface area contributed by atoms with E-state index in [0.29, 0.717) is 16.1 Å². The molecule has 0 aliphatic carbocycles. The summed E-state index contributed by atoms with van der Waals surface area (Å²) in [5.41, 5.74) is 2.21. The molecule has 28 heavy (non-hydrogen) atoms. The van der Waals surface area contributed by atoms with E-state index in [1.807, 2.05) is 19.1 Å². The summed E-state index contributed by atoms with van der Waals surface area (Å²) in [6, 6.07) is 19.7. The molecule has 3 rings (SSSR count). The second kappa shape index (κ2) is 8.63. The van der Waals surface area contributed by atoms with Crippen molar-refractivity contribution in [1.29, 1.82) is 0 Å². The average Bonchev–Trinajstić information content (AvgIpc) is 2.72. The van der Waals surface area contributed by atoms with Crippen molar-refractivity contribution in [2.75, 3.05) is 6.61 Å². The van der Waals surface area contributed by atoms with Gasteiger partial charge < -0.3 is 4.74 Å². The number of hydrogen-bond acceptors (Lipinski definition) is 4. The molecule has 0 fully saturated rings. The first-order chi connectivity index (χ1) is 13.5. The Bertz CT molecular complexity index is 1020. The van der Waals surface area contributed by atoms with Crippen molar-refractivity contribution in [2.45, 2.75) is 6.92 Å². The number of carbonyl (C=O) groups excluding carboxylic acids is 3. The molecule has 0 bridgehead atoms. The third-order valence-corrected chi connectivity index (χ3v) is 4.46. The van der Waals surface area contributed by atoms with Crippen LogP contribution in [0.3, 0.4) is 0 Å². The van der Waals surface area contributed by atoms with Crippen LogP contribution in [-0.2, 0) is 4.74 Å². The van der Waals surface area contributed by atoms with Gasteiger partial charge in [0.25, 0.3) is 0 Å². The van der Waals surface area contributed by atoms with Crippen LogP contribution in [0.5, 0.6) is 0 Å². The number of benzene rings is 3. The molecule has 0 aliphatic heterocycles. The molecule has 4 nitrogen and oxygen atoms in total. The Hall–Kier alpha value is -3.24. The normalized spacial score (nSPS) is 10.4. The predicted molar refractivity (Wildman–Crippen MR) is 107 cm³/mol. The molecule has 0 atom stereocenters. The van der Waals surface area contributed by atoms with Gasteiger partial charge in [0.2, 0.25) is 0 Å². The van der Waals surface area contributed by atoms with Gasteiger partial charge in [-0.3, -0.25) is 9.59 Å². The van der Waals surface area contributed by atoms with E-state index in [9.17, 15) is 14.4 Å². The van der Waals surface area contributed by atoms with Crippen molar-refractivity contribution in [3.63, 3.8) is 0 Å². The summed E-state index contributed by atoms with van der Waals surface area (Å²) in [6.45, 7) is 1.52. The van der Waals surface area contributed by atoms with Crippen molar-refractivity contribution in [3.05, 3.63) is 106 Å². The molecule has 0 spiro atoms. The van der Waals surface area contributed by atoms with Gasteiger partial charge in [0.15, 0.2) is 18.2 Å². The first-order valence-electron chi connectivity index (χ1n) is 8.62. The molecule has 0 heterocycles. The topological polar surface area (TPSA) is 60.4 Å². The molecule has 0 saturated heterocycles. The van der Waals surface area contributed by atoms with Gasteiger partial charge in [-0.25, -0.2) is 4.79 Å². The summed E-state index contributed by atoms with van der Waals surface area (Å²) in [5, 5.41) is 0.513. The first-order valence-corrected chi connectivity index (χ1v) is 9.00. The Balaban J connectivity index is 1.75. The summed E-state index contributed by atoms with van der Waals surface area (Å²) in [4.78, 5) is 37.5. The minimum atomic E-state index is -0.724. The van der Waals surface area contributed by atoms with Crippen LogP contribution in [0.2, 0.25) is 5.02 Å². The summed E-state index contributed by atoms with van der Waals surface area (Å²) >= 11 is 5.86. The van der Waals surface area contributed by atoms with E-state index < -0.39 is 12.6 Å². The molecular weight excluding hydrogens is 376 g/mol. The van der Waals surface area contributed by atoms with Crippen LogP contribution in [0, 0.1) is 6.92 Å². The predicted octanol–water partition coefficient (Wildman–Crippen LogP) is 4.92. The number of hydrogen-bond donors (Lipinski definition) is 0. The molecule has 0 saturated carbocycles. The second-order valence-corrected chi connectivity index (χ2v) is 6.68. The summed E-state index contributed by atoms with van der Waals surface area (Å²) in [6.07, 6.45) is 0. The zero-order chi connectivity index (χ0) is 20.1. The fraction of sp³-hybridized carbons (Fsp3) is 0.0870. The van der Waals surface area contributed by atoms with E-state index in [-0.39, 0.29) is 22.7 Å². The zero-order valence-corrected chi connectivity index (χ0v) is 15.9. The third-order valence-electron chi connectivity index (χ3n) is 4.21. The maximum absolute atomic E-state index is 12.8. The minimum Gasteiger partial charge on any atom is -0.454 e. The lowest BCUT2D eigenvalue weighted by molar-refractivity contribution is 0.0473. The lowest BCUT2D eigenvalue weighted by Gasteiger charge is -2.09. The maximum atomic E-state index is 12.8. The minimum absolute atomic E-state index is 0.110. The lowest BCUT2D eigenvalue weighted by Crippen LogP contribution is -2.17. The molecule has 140 valence electrons. The Kier molecular flexibility index (Phi) is 6.02. The van der Waals surface area contributed by atoms with Crippen molar-refractivity contribution < 1.29 is 19.1 Å². The second-order valence-electron chi connectivity index (χ2n) is 6.25. The van der Waals surface area contributed by atoms with Crippen LogP contribution in [0.25, 0.3) is 0 Å². The van der Waals surface area contributed by atoms with E-state index in [0.717, 1.165) is 5.56 Å². The average molecular weight is 393 g/mol. The standard InChI is InChI=1S/C23H17ClO4/c1-15-6-8-16(9-7-15)21(25)14-28-23(27)20-5-3-2-4-19(20)22(26)17-10-12-18(24)13-11-17/h2-13H,14H2,1H3.